The predicted molar refractivity (Wildman–Crippen MR) is 157 cm³/mol. The second-order valence-corrected chi connectivity index (χ2v) is 16.8. The summed E-state index contributed by atoms with van der Waals surface area (Å²) in [5.41, 5.74) is 0.507. The lowest BCUT2D eigenvalue weighted by Crippen LogP contribution is -2.67. The summed E-state index contributed by atoms with van der Waals surface area (Å²) in [6, 6.07) is 24.7. The first-order valence-electron chi connectivity index (χ1n) is 13.9. The molecule has 2 aliphatic rings. The van der Waals surface area contributed by atoms with Crippen LogP contribution >= 0.6 is 0 Å². The van der Waals surface area contributed by atoms with Crippen molar-refractivity contribution in [1.29, 1.82) is 0 Å². The predicted octanol–water partition coefficient (Wildman–Crippen LogP) is 6.57. The molecule has 206 valence electrons. The van der Waals surface area contributed by atoms with Gasteiger partial charge in [-0.2, -0.15) is 0 Å². The van der Waals surface area contributed by atoms with Crippen LogP contribution in [0, 0.1) is 10.1 Å². The first-order chi connectivity index (χ1) is 18.5. The molecule has 0 N–H and O–H groups in total. The molecule has 0 bridgehead atoms. The number of ether oxygens (including phenoxy) is 2. The van der Waals surface area contributed by atoms with Gasteiger partial charge in [-0.25, -0.2) is 0 Å². The Kier molecular flexibility index (Phi) is 7.33. The molecular weight excluding hydrogens is 506 g/mol. The molecule has 5 rings (SSSR count). The molecule has 0 atom stereocenters. The van der Waals surface area contributed by atoms with E-state index in [1.165, 1.54) is 10.4 Å². The van der Waals surface area contributed by atoms with Gasteiger partial charge in [-0.05, 0) is 54.9 Å². The van der Waals surface area contributed by atoms with Gasteiger partial charge in [-0.1, -0.05) is 81.4 Å². The lowest BCUT2D eigenvalue weighted by Gasteiger charge is -2.46. The van der Waals surface area contributed by atoms with E-state index < -0.39 is 8.32 Å². The molecule has 0 saturated heterocycles. The van der Waals surface area contributed by atoms with Gasteiger partial charge in [0.05, 0.1) is 11.0 Å². The molecule has 0 radical (unpaired) electrons. The number of nitro benzene ring substituents is 1. The molecule has 1 fully saturated rings. The average Bonchev–Trinajstić information content (AvgIpc) is 3.20. The summed E-state index contributed by atoms with van der Waals surface area (Å²) in [5.74, 6) is 0.983. The molecule has 1 saturated carbocycles. The third-order valence-electron chi connectivity index (χ3n) is 8.02. The van der Waals surface area contributed by atoms with Crippen LogP contribution in [-0.2, 0) is 10.8 Å². The summed E-state index contributed by atoms with van der Waals surface area (Å²) in [5, 5.41) is 14.3. The SMILES string of the molecule is CC1(C)Cc2cc([N+](=O)[O-])c(OC3CCC(O[Si](c4ccccc4)(c4ccccc4)C(C)(C)C)CC3)cc2O1. The minimum atomic E-state index is -2.63. The van der Waals surface area contributed by atoms with Crippen LogP contribution in [0.1, 0.15) is 65.9 Å². The number of rotatable bonds is 7. The minimum Gasteiger partial charge on any atom is -0.487 e. The zero-order valence-electron chi connectivity index (χ0n) is 23.6. The Labute approximate surface area is 232 Å². The van der Waals surface area contributed by atoms with E-state index in [4.69, 9.17) is 13.9 Å². The average molecular weight is 546 g/mol. The first-order valence-corrected chi connectivity index (χ1v) is 15.9. The van der Waals surface area contributed by atoms with E-state index in [-0.39, 0.29) is 33.5 Å². The summed E-state index contributed by atoms with van der Waals surface area (Å²) < 4.78 is 19.6. The molecule has 3 aromatic rings. The van der Waals surface area contributed by atoms with Crippen molar-refractivity contribution in [2.45, 2.75) is 89.6 Å². The van der Waals surface area contributed by atoms with Gasteiger partial charge in [0.15, 0.2) is 0 Å². The van der Waals surface area contributed by atoms with Crippen molar-refractivity contribution in [2.75, 3.05) is 0 Å². The van der Waals surface area contributed by atoms with E-state index in [0.717, 1.165) is 31.2 Å². The van der Waals surface area contributed by atoms with Crippen molar-refractivity contribution in [3.63, 3.8) is 0 Å². The Morgan fingerprint density at radius 1 is 0.897 bits per heavy atom. The van der Waals surface area contributed by atoms with Crippen LogP contribution in [0.5, 0.6) is 11.5 Å². The van der Waals surface area contributed by atoms with Gasteiger partial charge in [-0.15, -0.1) is 0 Å². The fourth-order valence-electron chi connectivity index (χ4n) is 6.24. The van der Waals surface area contributed by atoms with Crippen molar-refractivity contribution < 1.29 is 18.8 Å². The lowest BCUT2D eigenvalue weighted by atomic mass is 9.95. The van der Waals surface area contributed by atoms with Crippen molar-refractivity contribution in [3.05, 3.63) is 88.5 Å². The summed E-state index contributed by atoms with van der Waals surface area (Å²) in [7, 11) is -2.63. The van der Waals surface area contributed by atoms with E-state index in [1.54, 1.807) is 12.1 Å². The number of nitrogens with zero attached hydrogens (tertiary/aromatic N) is 1. The summed E-state index contributed by atoms with van der Waals surface area (Å²) >= 11 is 0. The fourth-order valence-corrected chi connectivity index (χ4v) is 11.0. The zero-order valence-corrected chi connectivity index (χ0v) is 24.6. The summed E-state index contributed by atoms with van der Waals surface area (Å²) in [6.07, 6.45) is 3.89. The molecule has 0 unspecified atom stereocenters. The minimum absolute atomic E-state index is 0.0146. The molecule has 0 aromatic heterocycles. The molecular formula is C32H39NO5Si. The van der Waals surface area contributed by atoms with Gasteiger partial charge >= 0.3 is 5.69 Å². The molecule has 1 heterocycles. The van der Waals surface area contributed by atoms with Crippen LogP contribution in [0.4, 0.5) is 5.69 Å². The van der Waals surface area contributed by atoms with Gasteiger partial charge < -0.3 is 13.9 Å². The highest BCUT2D eigenvalue weighted by Gasteiger charge is 2.51. The number of hydrogen-bond acceptors (Lipinski definition) is 5. The Morgan fingerprint density at radius 3 is 1.95 bits per heavy atom. The van der Waals surface area contributed by atoms with Crippen LogP contribution in [0.15, 0.2) is 72.8 Å². The molecule has 6 nitrogen and oxygen atoms in total. The van der Waals surface area contributed by atoms with Crippen LogP contribution in [0.25, 0.3) is 0 Å². The Bertz CT molecular complexity index is 1270. The second-order valence-electron chi connectivity index (χ2n) is 12.5. The van der Waals surface area contributed by atoms with Crippen LogP contribution < -0.4 is 19.8 Å². The largest absolute Gasteiger partial charge is 0.487 e. The van der Waals surface area contributed by atoms with Crippen molar-refractivity contribution in [2.24, 2.45) is 0 Å². The van der Waals surface area contributed by atoms with Crippen LogP contribution in [0.2, 0.25) is 5.04 Å². The number of benzene rings is 3. The molecule has 0 spiro atoms. The summed E-state index contributed by atoms with van der Waals surface area (Å²) in [6.45, 7) is 10.9. The van der Waals surface area contributed by atoms with Gasteiger partial charge in [0.1, 0.15) is 11.4 Å². The second kappa shape index (κ2) is 10.4. The zero-order chi connectivity index (χ0) is 27.8. The van der Waals surface area contributed by atoms with E-state index >= 15 is 0 Å². The topological polar surface area (TPSA) is 70.8 Å². The Hall–Kier alpha value is -3.16. The van der Waals surface area contributed by atoms with Gasteiger partial charge in [0.2, 0.25) is 5.75 Å². The highest BCUT2D eigenvalue weighted by atomic mass is 28.4. The van der Waals surface area contributed by atoms with E-state index in [2.05, 4.69) is 81.4 Å². The molecule has 39 heavy (non-hydrogen) atoms. The maximum Gasteiger partial charge on any atom is 0.311 e. The molecule has 3 aromatic carbocycles. The highest BCUT2D eigenvalue weighted by Crippen LogP contribution is 2.44. The Morgan fingerprint density at radius 2 is 1.44 bits per heavy atom. The maximum absolute atomic E-state index is 11.9. The highest BCUT2D eigenvalue weighted by molar-refractivity contribution is 6.99. The van der Waals surface area contributed by atoms with Crippen molar-refractivity contribution in [3.8, 4) is 11.5 Å². The Balaban J connectivity index is 1.36. The lowest BCUT2D eigenvalue weighted by molar-refractivity contribution is -0.386. The smallest absolute Gasteiger partial charge is 0.311 e. The third-order valence-corrected chi connectivity index (χ3v) is 13.1. The van der Waals surface area contributed by atoms with Crippen molar-refractivity contribution >= 4 is 24.4 Å². The van der Waals surface area contributed by atoms with E-state index in [1.807, 2.05) is 13.8 Å². The molecule has 0 amide bonds. The monoisotopic (exact) mass is 545 g/mol. The number of hydrogen-bond donors (Lipinski definition) is 0. The molecule has 1 aliphatic heterocycles. The fraction of sp³-hybridized carbons (Fsp3) is 0.438. The number of fused-ring (bicyclic) bond motifs is 1. The molecule has 1 aliphatic carbocycles. The third kappa shape index (κ3) is 5.47. The van der Waals surface area contributed by atoms with Crippen molar-refractivity contribution in [1.82, 2.24) is 0 Å². The van der Waals surface area contributed by atoms with Gasteiger partial charge in [0.25, 0.3) is 8.32 Å². The van der Waals surface area contributed by atoms with Crippen LogP contribution in [0.3, 0.4) is 0 Å². The normalized spacial score (nSPS) is 20.6. The quantitative estimate of drug-likeness (QED) is 0.191. The number of nitro groups is 1. The molecule has 7 heteroatoms. The van der Waals surface area contributed by atoms with E-state index in [0.29, 0.717) is 17.9 Å². The van der Waals surface area contributed by atoms with Crippen LogP contribution in [-0.4, -0.2) is 31.0 Å². The first kappa shape index (κ1) is 27.4. The van der Waals surface area contributed by atoms with Gasteiger partial charge in [0, 0.05) is 30.2 Å². The maximum atomic E-state index is 11.9. The van der Waals surface area contributed by atoms with E-state index in [9.17, 15) is 10.1 Å². The summed E-state index contributed by atoms with van der Waals surface area (Å²) in [4.78, 5) is 11.5. The van der Waals surface area contributed by atoms with Gasteiger partial charge in [-0.3, -0.25) is 10.1 Å². The standard InChI is InChI=1S/C32H39NO5Si/c1-31(2,3)39(26-12-8-6-9-13-26,27-14-10-7-11-15-27)38-25-18-16-24(17-19-25)36-30-21-29-23(20-28(30)33(34)35)22-32(4,5)37-29/h6-15,20-21,24-25H,16-19,22H2,1-5H3.